The number of aromatic amines is 2. The van der Waals surface area contributed by atoms with Gasteiger partial charge >= 0.3 is 12.2 Å². The largest absolute Gasteiger partial charge is 0.453 e. The highest BCUT2D eigenvalue weighted by Gasteiger charge is 2.44. The van der Waals surface area contributed by atoms with E-state index in [-0.39, 0.29) is 41.8 Å². The topological polar surface area (TPSA) is 193 Å². The number of aromatic nitrogens is 4. The monoisotopic (exact) mass is 950 g/mol. The third kappa shape index (κ3) is 8.73. The van der Waals surface area contributed by atoms with Gasteiger partial charge in [-0.3, -0.25) is 9.59 Å². The van der Waals surface area contributed by atoms with Crippen LogP contribution in [0.15, 0.2) is 73.1 Å². The number of methoxy groups -OCH3 is 2. The minimum atomic E-state index is -0.703. The van der Waals surface area contributed by atoms with Crippen LogP contribution in [0.1, 0.15) is 94.4 Å². The third-order valence-corrected chi connectivity index (χ3v) is 16.0. The molecular weight excluding hydrogens is 889 g/mol. The Labute approximate surface area is 406 Å². The van der Waals surface area contributed by atoms with Crippen LogP contribution in [-0.4, -0.2) is 119 Å². The first kappa shape index (κ1) is 45.9. The maximum Gasteiger partial charge on any atom is 0.407 e. The fraction of sp³-hybridized carbons (Fsp3) is 0.481. The standard InChI is InChI=1S/C54H62N8O8/c1-67-53(65)59-47(32-18-23-69-24-19-32)51(63)61-21-6-12-44(61)49-55-29-42(57-49)33-14-16-38-39-17-15-34(27-41(39)37-11-4-3-10-36(37)40(38)26-33)43-30-56-50(58-43)45-13-7-22-62(45)52(64)48(60-54(66)68-2)35-20-25-70-46(28-35)31-8-5-9-31/h3-4,10-11,14-17,26-27,29-32,35,44-48H,5-9,12-13,18-25,28H2,1-2H3,(H,55,57)(H,56,58)(H,59,65)(H,60,66)/t35?,44-,45-,46?,47-,48-/m0/s1. The first-order valence-corrected chi connectivity index (χ1v) is 25.2. The number of fused-ring (bicyclic) bond motifs is 6. The molecule has 6 aromatic rings. The van der Waals surface area contributed by atoms with Gasteiger partial charge in [0.05, 0.1) is 56.2 Å². The molecule has 1 saturated carbocycles. The molecule has 366 valence electrons. The Kier molecular flexibility index (Phi) is 12.9. The Morgan fingerprint density at radius 2 is 1.11 bits per heavy atom. The number of ether oxygens (including phenoxy) is 4. The van der Waals surface area contributed by atoms with E-state index >= 15 is 0 Å². The van der Waals surface area contributed by atoms with Crippen molar-refractivity contribution >= 4 is 56.3 Å². The number of nitrogens with one attached hydrogen (secondary N) is 4. The van der Waals surface area contributed by atoms with Gasteiger partial charge in [-0.25, -0.2) is 19.6 Å². The number of imidazole rings is 2. The summed E-state index contributed by atoms with van der Waals surface area (Å²) in [5.41, 5.74) is 3.70. The second-order valence-corrected chi connectivity index (χ2v) is 19.9. The normalized spacial score (nSPS) is 23.1. The van der Waals surface area contributed by atoms with Crippen molar-refractivity contribution in [2.24, 2.45) is 17.8 Å². The summed E-state index contributed by atoms with van der Waals surface area (Å²) in [7, 11) is 2.65. The molecule has 2 unspecified atom stereocenters. The summed E-state index contributed by atoms with van der Waals surface area (Å²) in [5, 5.41) is 12.5. The van der Waals surface area contributed by atoms with Gasteiger partial charge in [0.15, 0.2) is 0 Å². The van der Waals surface area contributed by atoms with E-state index in [1.54, 1.807) is 0 Å². The lowest BCUT2D eigenvalue weighted by molar-refractivity contribution is -0.138. The van der Waals surface area contributed by atoms with E-state index in [4.69, 9.17) is 28.9 Å². The maximum absolute atomic E-state index is 14.5. The molecule has 5 aliphatic rings. The molecule has 4 amide bonds. The SMILES string of the molecule is COC(=O)N[C@H](C(=O)N1CCC[C@H]1c1ncc(-c2ccc3c4ccc(-c5cnc([C@@H]6CCCN6C(=O)[C@@H](NC(=O)OC)C6CCOC(C7CCC7)C6)[nH]5)cc4c4ccccc4c3c2)[nH]1)C1CCOCC1. The van der Waals surface area contributed by atoms with Crippen LogP contribution in [0.2, 0.25) is 0 Å². The van der Waals surface area contributed by atoms with Gasteiger partial charge in [-0.2, -0.15) is 0 Å². The molecule has 0 radical (unpaired) electrons. The Bertz CT molecular complexity index is 2900. The van der Waals surface area contributed by atoms with Crippen molar-refractivity contribution in [3.8, 4) is 22.5 Å². The Morgan fingerprint density at radius 1 is 0.614 bits per heavy atom. The molecule has 6 atom stereocenters. The zero-order valence-corrected chi connectivity index (χ0v) is 39.9. The molecule has 4 N–H and O–H groups in total. The lowest BCUT2D eigenvalue weighted by Gasteiger charge is -2.41. The number of amides is 4. The van der Waals surface area contributed by atoms with Crippen LogP contribution in [-0.2, 0) is 28.5 Å². The summed E-state index contributed by atoms with van der Waals surface area (Å²) in [4.78, 5) is 74.5. The van der Waals surface area contributed by atoms with Gasteiger partial charge in [0.2, 0.25) is 11.8 Å². The predicted octanol–water partition coefficient (Wildman–Crippen LogP) is 8.72. The van der Waals surface area contributed by atoms with Crippen molar-refractivity contribution in [3.05, 3.63) is 84.7 Å². The van der Waals surface area contributed by atoms with Crippen molar-refractivity contribution < 1.29 is 38.1 Å². The van der Waals surface area contributed by atoms with Crippen LogP contribution in [0, 0.1) is 17.8 Å². The van der Waals surface area contributed by atoms with E-state index in [9.17, 15) is 19.2 Å². The van der Waals surface area contributed by atoms with E-state index in [2.05, 4.69) is 81.3 Å². The molecular formula is C54H62N8O8. The van der Waals surface area contributed by atoms with Gasteiger partial charge in [0.1, 0.15) is 23.7 Å². The van der Waals surface area contributed by atoms with Gasteiger partial charge < -0.3 is 49.3 Å². The Hall–Kier alpha value is -6.52. The fourth-order valence-electron chi connectivity index (χ4n) is 12.1. The summed E-state index contributed by atoms with van der Waals surface area (Å²) in [6, 6.07) is 19.6. The molecule has 4 saturated heterocycles. The average Bonchev–Trinajstić information content (AvgIpc) is 4.24. The summed E-state index contributed by atoms with van der Waals surface area (Å²) in [6.45, 7) is 2.85. The number of H-pyrrole nitrogens is 2. The van der Waals surface area contributed by atoms with E-state index in [1.165, 1.54) is 20.6 Å². The van der Waals surface area contributed by atoms with Crippen LogP contribution in [0.3, 0.4) is 0 Å². The predicted molar refractivity (Wildman–Crippen MR) is 264 cm³/mol. The van der Waals surface area contributed by atoms with Gasteiger partial charge in [-0.05, 0) is 126 Å². The fourth-order valence-corrected chi connectivity index (χ4v) is 12.1. The summed E-state index contributed by atoms with van der Waals surface area (Å²) in [5.74, 6) is 1.69. The Balaban J connectivity index is 0.846. The van der Waals surface area contributed by atoms with E-state index in [1.807, 2.05) is 22.2 Å². The van der Waals surface area contributed by atoms with Crippen LogP contribution in [0.25, 0.3) is 54.8 Å². The second kappa shape index (κ2) is 19.7. The smallest absolute Gasteiger partial charge is 0.407 e. The molecule has 0 spiro atoms. The summed E-state index contributed by atoms with van der Waals surface area (Å²) < 4.78 is 21.7. The number of benzene rings is 4. The number of nitrogens with zero attached hydrogens (tertiary/aromatic N) is 4. The van der Waals surface area contributed by atoms with Crippen molar-refractivity contribution in [2.45, 2.75) is 101 Å². The molecule has 11 rings (SSSR count). The molecule has 16 heteroatoms. The molecule has 4 aromatic carbocycles. The number of hydrogen-bond donors (Lipinski definition) is 4. The lowest BCUT2D eigenvalue weighted by Crippen LogP contribution is -2.54. The van der Waals surface area contributed by atoms with Crippen LogP contribution >= 0.6 is 0 Å². The highest BCUT2D eigenvalue weighted by atomic mass is 16.5. The number of likely N-dealkylation sites (tertiary alicyclic amines) is 2. The van der Waals surface area contributed by atoms with E-state index < -0.39 is 24.3 Å². The number of carbonyl (C=O) groups is 4. The molecule has 5 fully saturated rings. The van der Waals surface area contributed by atoms with E-state index in [0.717, 1.165) is 111 Å². The maximum atomic E-state index is 14.5. The quantitative estimate of drug-likeness (QED) is 0.0913. The molecule has 4 aliphatic heterocycles. The number of rotatable bonds is 11. The van der Waals surface area contributed by atoms with Crippen molar-refractivity contribution in [1.82, 2.24) is 40.4 Å². The highest BCUT2D eigenvalue weighted by molar-refractivity contribution is 6.26. The van der Waals surface area contributed by atoms with E-state index in [0.29, 0.717) is 58.1 Å². The molecule has 6 heterocycles. The number of hydrogen-bond acceptors (Lipinski definition) is 10. The van der Waals surface area contributed by atoms with Gasteiger partial charge in [-0.1, -0.05) is 55.0 Å². The van der Waals surface area contributed by atoms with Gasteiger partial charge in [0, 0.05) is 44.0 Å². The molecule has 16 nitrogen and oxygen atoms in total. The zero-order chi connectivity index (χ0) is 47.9. The molecule has 70 heavy (non-hydrogen) atoms. The third-order valence-electron chi connectivity index (χ3n) is 16.0. The summed E-state index contributed by atoms with van der Waals surface area (Å²) >= 11 is 0. The first-order chi connectivity index (χ1) is 34.3. The molecule has 2 aromatic heterocycles. The Morgan fingerprint density at radius 3 is 1.61 bits per heavy atom. The van der Waals surface area contributed by atoms with Crippen molar-refractivity contribution in [2.75, 3.05) is 47.1 Å². The average molecular weight is 951 g/mol. The molecule has 0 bridgehead atoms. The van der Waals surface area contributed by atoms with Gasteiger partial charge in [0.25, 0.3) is 0 Å². The molecule has 1 aliphatic carbocycles. The van der Waals surface area contributed by atoms with Crippen LogP contribution in [0.5, 0.6) is 0 Å². The summed E-state index contributed by atoms with van der Waals surface area (Å²) in [6.07, 6.45) is 12.2. The van der Waals surface area contributed by atoms with Crippen LogP contribution in [0.4, 0.5) is 9.59 Å². The zero-order valence-electron chi connectivity index (χ0n) is 39.9. The first-order valence-electron chi connectivity index (χ1n) is 25.2. The lowest BCUT2D eigenvalue weighted by atomic mass is 9.75. The van der Waals surface area contributed by atoms with Crippen molar-refractivity contribution in [3.63, 3.8) is 0 Å². The van der Waals surface area contributed by atoms with Crippen molar-refractivity contribution in [1.29, 1.82) is 0 Å². The van der Waals surface area contributed by atoms with Gasteiger partial charge in [-0.15, -0.1) is 0 Å². The second-order valence-electron chi connectivity index (χ2n) is 19.9. The minimum Gasteiger partial charge on any atom is -0.453 e. The number of carbonyl (C=O) groups excluding carboxylic acids is 4. The number of alkyl carbamates (subject to hydrolysis) is 2. The highest BCUT2D eigenvalue weighted by Crippen LogP contribution is 2.42. The minimum absolute atomic E-state index is 0.0414. The van der Waals surface area contributed by atoms with Crippen LogP contribution < -0.4 is 10.6 Å².